The van der Waals surface area contributed by atoms with Crippen molar-refractivity contribution in [3.05, 3.63) is 90.2 Å². The molecule has 34 heavy (non-hydrogen) atoms. The van der Waals surface area contributed by atoms with E-state index in [0.717, 1.165) is 5.56 Å². The lowest BCUT2D eigenvalue weighted by Gasteiger charge is -2.11. The molecule has 0 saturated heterocycles. The van der Waals surface area contributed by atoms with Gasteiger partial charge in [-0.3, -0.25) is 14.2 Å². The van der Waals surface area contributed by atoms with Crippen LogP contribution in [-0.2, 0) is 4.79 Å². The summed E-state index contributed by atoms with van der Waals surface area (Å²) < 4.78 is 15.3. The number of halogens is 1. The van der Waals surface area contributed by atoms with Crippen molar-refractivity contribution in [1.29, 1.82) is 0 Å². The van der Waals surface area contributed by atoms with E-state index in [1.165, 1.54) is 28.8 Å². The maximum absolute atomic E-state index is 13.5. The van der Waals surface area contributed by atoms with Gasteiger partial charge in [0.2, 0.25) is 5.91 Å². The van der Waals surface area contributed by atoms with Crippen LogP contribution in [0.3, 0.4) is 0 Å². The fraction of sp³-hybridized carbons (Fsp3) is 0.120. The molecule has 2 amide bonds. The maximum Gasteiger partial charge on any atom is 0.253 e. The van der Waals surface area contributed by atoms with E-state index in [1.807, 2.05) is 30.3 Å². The molecule has 0 saturated carbocycles. The molecule has 0 aliphatic rings. The molecular weight excluding hydrogens is 453 g/mol. The molecular formula is C25H22FN5O2S. The molecule has 3 aromatic carbocycles. The van der Waals surface area contributed by atoms with Crippen LogP contribution in [0.25, 0.3) is 17.1 Å². The molecule has 0 radical (unpaired) electrons. The number of aromatic nitrogens is 3. The minimum Gasteiger partial charge on any atom is -0.345 e. The number of carbonyl (C=O) groups is 2. The third-order valence-electron chi connectivity index (χ3n) is 4.90. The molecule has 7 nitrogen and oxygen atoms in total. The minimum absolute atomic E-state index is 0.0898. The van der Waals surface area contributed by atoms with Crippen LogP contribution in [0.15, 0.2) is 84.0 Å². The smallest absolute Gasteiger partial charge is 0.253 e. The summed E-state index contributed by atoms with van der Waals surface area (Å²) in [6.07, 6.45) is 0. The number of hydrogen-bond acceptors (Lipinski definition) is 5. The molecule has 1 heterocycles. The van der Waals surface area contributed by atoms with Gasteiger partial charge in [-0.2, -0.15) is 0 Å². The van der Waals surface area contributed by atoms with Crippen molar-refractivity contribution in [2.75, 3.05) is 25.2 Å². The lowest BCUT2D eigenvalue weighted by molar-refractivity contribution is -0.113. The van der Waals surface area contributed by atoms with Gasteiger partial charge in [0.1, 0.15) is 5.82 Å². The van der Waals surface area contributed by atoms with Crippen LogP contribution in [0.5, 0.6) is 0 Å². The van der Waals surface area contributed by atoms with Crippen LogP contribution in [0.1, 0.15) is 10.4 Å². The maximum atomic E-state index is 13.5. The largest absolute Gasteiger partial charge is 0.345 e. The van der Waals surface area contributed by atoms with Gasteiger partial charge in [-0.1, -0.05) is 42.1 Å². The van der Waals surface area contributed by atoms with E-state index in [2.05, 4.69) is 15.5 Å². The quantitative estimate of drug-likeness (QED) is 0.398. The lowest BCUT2D eigenvalue weighted by Crippen LogP contribution is -2.21. The van der Waals surface area contributed by atoms with Gasteiger partial charge in [0.15, 0.2) is 11.0 Å². The highest BCUT2D eigenvalue weighted by Gasteiger charge is 2.17. The molecule has 0 aliphatic carbocycles. The first-order valence-electron chi connectivity index (χ1n) is 10.4. The van der Waals surface area contributed by atoms with Gasteiger partial charge in [-0.15, -0.1) is 10.2 Å². The number of anilines is 1. The zero-order valence-corrected chi connectivity index (χ0v) is 19.4. The van der Waals surface area contributed by atoms with E-state index in [1.54, 1.807) is 55.1 Å². The van der Waals surface area contributed by atoms with Gasteiger partial charge in [-0.05, 0) is 48.5 Å². The van der Waals surface area contributed by atoms with E-state index >= 15 is 0 Å². The molecule has 172 valence electrons. The van der Waals surface area contributed by atoms with Crippen molar-refractivity contribution in [1.82, 2.24) is 19.7 Å². The average Bonchev–Trinajstić information content (AvgIpc) is 3.28. The topological polar surface area (TPSA) is 80.1 Å². The van der Waals surface area contributed by atoms with Gasteiger partial charge in [0, 0.05) is 36.6 Å². The second-order valence-corrected chi connectivity index (χ2v) is 8.54. The summed E-state index contributed by atoms with van der Waals surface area (Å²) in [6.45, 7) is 0. The monoisotopic (exact) mass is 475 g/mol. The van der Waals surface area contributed by atoms with Crippen LogP contribution in [-0.4, -0.2) is 51.3 Å². The third-order valence-corrected chi connectivity index (χ3v) is 5.83. The zero-order valence-electron chi connectivity index (χ0n) is 18.6. The van der Waals surface area contributed by atoms with Crippen LogP contribution in [0.2, 0.25) is 0 Å². The van der Waals surface area contributed by atoms with Crippen LogP contribution >= 0.6 is 11.8 Å². The van der Waals surface area contributed by atoms with Crippen molar-refractivity contribution >= 4 is 29.3 Å². The van der Waals surface area contributed by atoms with Crippen molar-refractivity contribution in [3.8, 4) is 17.1 Å². The molecule has 4 rings (SSSR count). The molecule has 0 bridgehead atoms. The number of amides is 2. The fourth-order valence-electron chi connectivity index (χ4n) is 3.24. The fourth-order valence-corrected chi connectivity index (χ4v) is 3.99. The van der Waals surface area contributed by atoms with E-state index in [-0.39, 0.29) is 23.4 Å². The Morgan fingerprint density at radius 1 is 0.941 bits per heavy atom. The van der Waals surface area contributed by atoms with Crippen molar-refractivity contribution < 1.29 is 14.0 Å². The highest BCUT2D eigenvalue weighted by molar-refractivity contribution is 7.99. The summed E-state index contributed by atoms with van der Waals surface area (Å²) in [7, 11) is 3.37. The van der Waals surface area contributed by atoms with Crippen molar-refractivity contribution in [2.24, 2.45) is 0 Å². The van der Waals surface area contributed by atoms with Crippen molar-refractivity contribution in [2.45, 2.75) is 5.16 Å². The average molecular weight is 476 g/mol. The third kappa shape index (κ3) is 5.32. The molecule has 0 atom stereocenters. The Labute approximate surface area is 200 Å². The van der Waals surface area contributed by atoms with Gasteiger partial charge >= 0.3 is 0 Å². The molecule has 0 spiro atoms. The molecule has 9 heteroatoms. The summed E-state index contributed by atoms with van der Waals surface area (Å²) in [6, 6.07) is 22.3. The van der Waals surface area contributed by atoms with E-state index in [0.29, 0.717) is 27.9 Å². The predicted octanol–water partition coefficient (Wildman–Crippen LogP) is 4.51. The van der Waals surface area contributed by atoms with Crippen molar-refractivity contribution in [3.63, 3.8) is 0 Å². The van der Waals surface area contributed by atoms with Gasteiger partial charge in [-0.25, -0.2) is 4.39 Å². The Bertz CT molecular complexity index is 1290. The SMILES string of the molecule is CN(C)C(=O)c1ccc(NC(=O)CSc2nnc(-c3ccccc3)n2-c2ccc(F)cc2)cc1. The Balaban J connectivity index is 1.50. The standard InChI is InChI=1S/C25H22FN5O2S/c1-30(2)24(33)18-8-12-20(13-9-18)27-22(32)16-34-25-29-28-23(17-6-4-3-5-7-17)31(25)21-14-10-19(26)11-15-21/h3-15H,16H2,1-2H3,(H,27,32). The van der Waals surface area contributed by atoms with Gasteiger partial charge in [0.05, 0.1) is 5.75 Å². The molecule has 0 unspecified atom stereocenters. The number of carbonyl (C=O) groups excluding carboxylic acids is 2. The molecule has 4 aromatic rings. The second kappa shape index (κ2) is 10.3. The Kier molecular flexibility index (Phi) is 7.03. The number of hydrogen-bond donors (Lipinski definition) is 1. The van der Waals surface area contributed by atoms with Gasteiger partial charge < -0.3 is 10.2 Å². The predicted molar refractivity (Wildman–Crippen MR) is 131 cm³/mol. The second-order valence-electron chi connectivity index (χ2n) is 7.60. The van der Waals surface area contributed by atoms with Crippen LogP contribution in [0.4, 0.5) is 10.1 Å². The molecule has 1 aromatic heterocycles. The molecule has 1 N–H and O–H groups in total. The number of rotatable bonds is 7. The Morgan fingerprint density at radius 2 is 1.62 bits per heavy atom. The van der Waals surface area contributed by atoms with E-state index in [4.69, 9.17) is 0 Å². The Morgan fingerprint density at radius 3 is 2.26 bits per heavy atom. The summed E-state index contributed by atoms with van der Waals surface area (Å²) in [5.74, 6) is 0.00239. The first kappa shape index (κ1) is 23.2. The van der Waals surface area contributed by atoms with E-state index < -0.39 is 0 Å². The molecule has 0 aliphatic heterocycles. The summed E-state index contributed by atoms with van der Waals surface area (Å²) >= 11 is 1.22. The number of nitrogens with zero attached hydrogens (tertiary/aromatic N) is 4. The van der Waals surface area contributed by atoms with Crippen LogP contribution in [0, 0.1) is 5.82 Å². The summed E-state index contributed by atoms with van der Waals surface area (Å²) in [4.78, 5) is 26.1. The number of thioether (sulfide) groups is 1. The summed E-state index contributed by atoms with van der Waals surface area (Å²) in [5.41, 5.74) is 2.67. The minimum atomic E-state index is -0.343. The highest BCUT2D eigenvalue weighted by atomic mass is 32.2. The number of benzene rings is 3. The molecule has 0 fully saturated rings. The number of nitrogens with one attached hydrogen (secondary N) is 1. The first-order valence-corrected chi connectivity index (χ1v) is 11.4. The first-order chi connectivity index (χ1) is 16.4. The highest BCUT2D eigenvalue weighted by Crippen LogP contribution is 2.28. The van der Waals surface area contributed by atoms with Crippen LogP contribution < -0.4 is 5.32 Å². The van der Waals surface area contributed by atoms with Gasteiger partial charge in [0.25, 0.3) is 5.91 Å². The normalized spacial score (nSPS) is 10.7. The summed E-state index contributed by atoms with van der Waals surface area (Å²) in [5, 5.41) is 11.9. The van der Waals surface area contributed by atoms with E-state index in [9.17, 15) is 14.0 Å². The Hall–Kier alpha value is -3.98. The lowest BCUT2D eigenvalue weighted by atomic mass is 10.2. The zero-order chi connectivity index (χ0) is 24.1.